The van der Waals surface area contributed by atoms with Gasteiger partial charge < -0.3 is 9.73 Å². The van der Waals surface area contributed by atoms with Gasteiger partial charge in [0, 0.05) is 12.1 Å². The molecule has 1 amide bonds. The van der Waals surface area contributed by atoms with Crippen LogP contribution in [0.2, 0.25) is 0 Å². The van der Waals surface area contributed by atoms with Gasteiger partial charge in [0.05, 0.1) is 5.25 Å². The molecule has 1 N–H and O–H groups in total. The van der Waals surface area contributed by atoms with Crippen LogP contribution in [0.25, 0.3) is 0 Å². The molecule has 27 heavy (non-hydrogen) atoms. The fourth-order valence-electron chi connectivity index (χ4n) is 2.68. The topological polar surface area (TPSA) is 68.0 Å². The first-order valence-electron chi connectivity index (χ1n) is 8.93. The zero-order valence-electron chi connectivity index (χ0n) is 15.7. The lowest BCUT2D eigenvalue weighted by molar-refractivity contribution is -0.115. The highest BCUT2D eigenvalue weighted by Crippen LogP contribution is 2.26. The van der Waals surface area contributed by atoms with E-state index in [1.54, 1.807) is 0 Å². The summed E-state index contributed by atoms with van der Waals surface area (Å²) in [6.07, 6.45) is 0.668. The van der Waals surface area contributed by atoms with E-state index in [4.69, 9.17) is 4.42 Å². The number of anilines is 1. The molecule has 0 aliphatic carbocycles. The minimum Gasteiger partial charge on any atom is -0.416 e. The van der Waals surface area contributed by atoms with Crippen molar-refractivity contribution in [1.29, 1.82) is 0 Å². The number of hydrogen-bond acceptors (Lipinski definition) is 5. The van der Waals surface area contributed by atoms with E-state index in [-0.39, 0.29) is 17.1 Å². The molecule has 0 fully saturated rings. The predicted octanol–water partition coefficient (Wildman–Crippen LogP) is 4.84. The van der Waals surface area contributed by atoms with Gasteiger partial charge >= 0.3 is 0 Å². The van der Waals surface area contributed by atoms with E-state index in [9.17, 15) is 4.79 Å². The highest BCUT2D eigenvalue weighted by Gasteiger charge is 2.19. The number of amides is 1. The van der Waals surface area contributed by atoms with Gasteiger partial charge in [0.15, 0.2) is 0 Å². The van der Waals surface area contributed by atoms with Gasteiger partial charge in [-0.1, -0.05) is 67.2 Å². The highest BCUT2D eigenvalue weighted by atomic mass is 32.2. The molecule has 1 heterocycles. The minimum atomic E-state index is -0.343. The number of nitrogens with one attached hydrogen (secondary N) is 1. The monoisotopic (exact) mass is 381 g/mol. The number of rotatable bonds is 7. The zero-order valence-corrected chi connectivity index (χ0v) is 16.5. The van der Waals surface area contributed by atoms with Crippen LogP contribution in [0.15, 0.2) is 64.2 Å². The van der Waals surface area contributed by atoms with Crippen LogP contribution in [0.5, 0.6) is 0 Å². The Morgan fingerprint density at radius 2 is 1.78 bits per heavy atom. The molecule has 3 rings (SSSR count). The van der Waals surface area contributed by atoms with E-state index < -0.39 is 0 Å². The zero-order chi connectivity index (χ0) is 19.2. The van der Waals surface area contributed by atoms with Crippen molar-refractivity contribution >= 4 is 23.4 Å². The second-order valence-electron chi connectivity index (χ2n) is 6.54. The molecule has 140 valence electrons. The third kappa shape index (κ3) is 5.20. The van der Waals surface area contributed by atoms with Gasteiger partial charge in [-0.05, 0) is 37.0 Å². The molecule has 5 nitrogen and oxygen atoms in total. The molecule has 0 radical (unpaired) electrons. The lowest BCUT2D eigenvalue weighted by atomic mass is 9.98. The second-order valence-corrected chi connectivity index (χ2v) is 7.83. The summed E-state index contributed by atoms with van der Waals surface area (Å²) in [6, 6.07) is 17.9. The first-order chi connectivity index (χ1) is 13.0. The molecular formula is C21H23N3O2S. The van der Waals surface area contributed by atoms with E-state index in [1.807, 2.05) is 56.3 Å². The Morgan fingerprint density at radius 1 is 1.07 bits per heavy atom. The lowest BCUT2D eigenvalue weighted by Gasteiger charge is -2.11. The largest absolute Gasteiger partial charge is 0.416 e. The fourth-order valence-corrected chi connectivity index (χ4v) is 3.38. The Hall–Kier alpha value is -2.60. The van der Waals surface area contributed by atoms with Gasteiger partial charge in [-0.25, -0.2) is 0 Å². The molecular weight excluding hydrogens is 358 g/mol. The summed E-state index contributed by atoms with van der Waals surface area (Å²) in [5, 5.41) is 11.2. The Bertz CT molecular complexity index is 895. The van der Waals surface area contributed by atoms with E-state index in [2.05, 4.69) is 34.6 Å². The van der Waals surface area contributed by atoms with E-state index in [0.717, 1.165) is 11.3 Å². The third-order valence-corrected chi connectivity index (χ3v) is 5.28. The molecule has 0 saturated heterocycles. The molecule has 0 saturated carbocycles. The molecule has 0 spiro atoms. The second kappa shape index (κ2) is 8.86. The van der Waals surface area contributed by atoms with Crippen molar-refractivity contribution < 1.29 is 9.21 Å². The van der Waals surface area contributed by atoms with Crippen LogP contribution in [-0.4, -0.2) is 21.4 Å². The van der Waals surface area contributed by atoms with Gasteiger partial charge in [-0.2, -0.15) is 0 Å². The normalized spacial score (nSPS) is 13.1. The van der Waals surface area contributed by atoms with E-state index in [0.29, 0.717) is 17.5 Å². The average molecular weight is 382 g/mol. The maximum absolute atomic E-state index is 12.4. The van der Waals surface area contributed by atoms with Gasteiger partial charge in [0.2, 0.25) is 11.8 Å². The highest BCUT2D eigenvalue weighted by molar-refractivity contribution is 8.00. The fraction of sp³-hybridized carbons (Fsp3) is 0.286. The number of carbonyl (C=O) groups excluding carboxylic acids is 1. The number of aryl methyl sites for hydroxylation is 1. The Kier molecular flexibility index (Phi) is 6.29. The van der Waals surface area contributed by atoms with Gasteiger partial charge in [0.25, 0.3) is 5.22 Å². The van der Waals surface area contributed by atoms with Crippen molar-refractivity contribution in [2.24, 2.45) is 0 Å². The van der Waals surface area contributed by atoms with E-state index in [1.165, 1.54) is 17.3 Å². The van der Waals surface area contributed by atoms with Crippen LogP contribution in [0.4, 0.5) is 5.69 Å². The van der Waals surface area contributed by atoms with Gasteiger partial charge in [0.1, 0.15) is 0 Å². The first kappa shape index (κ1) is 19.2. The summed E-state index contributed by atoms with van der Waals surface area (Å²) in [4.78, 5) is 12.4. The maximum Gasteiger partial charge on any atom is 0.277 e. The predicted molar refractivity (Wildman–Crippen MR) is 108 cm³/mol. The number of thioether (sulfide) groups is 1. The summed E-state index contributed by atoms with van der Waals surface area (Å²) < 4.78 is 5.73. The number of para-hydroxylation sites is 1. The standard InChI is InChI=1S/C21H23N3O2S/c1-14-9-7-8-12-18(14)22-20(25)16(3)27-21-24-23-19(26-21)13-15(2)17-10-5-4-6-11-17/h4-12,15-16H,13H2,1-3H3,(H,22,25). The number of hydrogen-bond donors (Lipinski definition) is 1. The molecule has 2 unspecified atom stereocenters. The summed E-state index contributed by atoms with van der Waals surface area (Å²) in [6.45, 7) is 5.92. The maximum atomic E-state index is 12.4. The van der Waals surface area contributed by atoms with Crippen LogP contribution in [-0.2, 0) is 11.2 Å². The number of nitrogens with zero attached hydrogens (tertiary/aromatic N) is 2. The summed E-state index contributed by atoms with van der Waals surface area (Å²) >= 11 is 1.27. The molecule has 6 heteroatoms. The van der Waals surface area contributed by atoms with Crippen LogP contribution >= 0.6 is 11.8 Å². The summed E-state index contributed by atoms with van der Waals surface area (Å²) in [7, 11) is 0. The van der Waals surface area contributed by atoms with E-state index >= 15 is 0 Å². The van der Waals surface area contributed by atoms with Crippen LogP contribution < -0.4 is 5.32 Å². The van der Waals surface area contributed by atoms with Crippen LogP contribution in [0.3, 0.4) is 0 Å². The molecule has 0 bridgehead atoms. The first-order valence-corrected chi connectivity index (χ1v) is 9.81. The van der Waals surface area contributed by atoms with Gasteiger partial charge in [-0.3, -0.25) is 4.79 Å². The van der Waals surface area contributed by atoms with Crippen molar-refractivity contribution in [2.45, 2.75) is 43.6 Å². The molecule has 3 aromatic rings. The van der Waals surface area contributed by atoms with Crippen molar-refractivity contribution in [2.75, 3.05) is 5.32 Å². The summed E-state index contributed by atoms with van der Waals surface area (Å²) in [5.74, 6) is 0.776. The van der Waals surface area contributed by atoms with Crippen molar-refractivity contribution in [3.8, 4) is 0 Å². The van der Waals surface area contributed by atoms with Gasteiger partial charge in [-0.15, -0.1) is 10.2 Å². The minimum absolute atomic E-state index is 0.0910. The summed E-state index contributed by atoms with van der Waals surface area (Å²) in [5.41, 5.74) is 3.08. The quantitative estimate of drug-likeness (QED) is 0.593. The molecule has 0 aliphatic rings. The number of carbonyl (C=O) groups is 1. The molecule has 1 aromatic heterocycles. The van der Waals surface area contributed by atoms with Crippen molar-refractivity contribution in [1.82, 2.24) is 10.2 Å². The van der Waals surface area contributed by atoms with Crippen molar-refractivity contribution in [3.63, 3.8) is 0 Å². The Morgan fingerprint density at radius 3 is 2.52 bits per heavy atom. The molecule has 2 aromatic carbocycles. The number of aromatic nitrogens is 2. The Labute approximate surface area is 163 Å². The molecule has 0 aliphatic heterocycles. The SMILES string of the molecule is Cc1ccccc1NC(=O)C(C)Sc1nnc(CC(C)c2ccccc2)o1. The third-order valence-electron chi connectivity index (χ3n) is 4.35. The number of benzene rings is 2. The average Bonchev–Trinajstić information content (AvgIpc) is 3.11. The lowest BCUT2D eigenvalue weighted by Crippen LogP contribution is -2.22. The smallest absolute Gasteiger partial charge is 0.277 e. The Balaban J connectivity index is 1.57. The van der Waals surface area contributed by atoms with Crippen LogP contribution in [0.1, 0.15) is 36.8 Å². The molecule has 2 atom stereocenters. The van der Waals surface area contributed by atoms with Crippen molar-refractivity contribution in [3.05, 3.63) is 71.6 Å². The van der Waals surface area contributed by atoms with Crippen LogP contribution in [0, 0.1) is 6.92 Å².